The zero-order chi connectivity index (χ0) is 19.0. The van der Waals surface area contributed by atoms with E-state index in [-0.39, 0.29) is 17.5 Å². The maximum atomic E-state index is 14.0. The first-order chi connectivity index (χ1) is 13.0. The Morgan fingerprint density at radius 2 is 2.15 bits per heavy atom. The van der Waals surface area contributed by atoms with E-state index in [1.807, 2.05) is 16.2 Å². The van der Waals surface area contributed by atoms with Crippen LogP contribution in [0.25, 0.3) is 5.65 Å². The van der Waals surface area contributed by atoms with Crippen LogP contribution < -0.4 is 10.2 Å². The smallest absolute Gasteiger partial charge is 0.231 e. The van der Waals surface area contributed by atoms with Gasteiger partial charge in [0.1, 0.15) is 5.82 Å². The number of fused-ring (bicyclic) bond motifs is 1. The molecule has 1 saturated heterocycles. The number of halogens is 2. The molecular formula is C19H19ClFN5O. The Kier molecular flexibility index (Phi) is 4.70. The summed E-state index contributed by atoms with van der Waals surface area (Å²) in [5.41, 5.74) is 1.72. The minimum absolute atomic E-state index is 0.186. The third kappa shape index (κ3) is 3.60. The molecule has 27 heavy (non-hydrogen) atoms. The monoisotopic (exact) mass is 387 g/mol. The molecule has 0 saturated carbocycles. The Bertz CT molecular complexity index is 1000. The van der Waals surface area contributed by atoms with E-state index < -0.39 is 5.82 Å². The number of anilines is 2. The average molecular weight is 388 g/mol. The SMILES string of the molecule is Cc1ccc(NC(=O)C2CCCN(c3nnc4ccc(Cl)cn34)C2)c(F)c1. The van der Waals surface area contributed by atoms with Crippen LogP contribution >= 0.6 is 11.6 Å². The number of amides is 1. The first-order valence-electron chi connectivity index (χ1n) is 8.83. The fourth-order valence-corrected chi connectivity index (χ4v) is 3.56. The van der Waals surface area contributed by atoms with Gasteiger partial charge >= 0.3 is 0 Å². The average Bonchev–Trinajstić information content (AvgIpc) is 3.07. The molecule has 0 spiro atoms. The number of carbonyl (C=O) groups is 1. The van der Waals surface area contributed by atoms with Crippen LogP contribution in [-0.2, 0) is 4.79 Å². The molecule has 6 nitrogen and oxygen atoms in total. The molecule has 3 aromatic rings. The Labute approximate surface area is 161 Å². The molecular weight excluding hydrogens is 369 g/mol. The highest BCUT2D eigenvalue weighted by Crippen LogP contribution is 2.25. The number of aryl methyl sites for hydroxylation is 1. The van der Waals surface area contributed by atoms with E-state index in [2.05, 4.69) is 15.5 Å². The molecule has 0 aliphatic carbocycles. The minimum Gasteiger partial charge on any atom is -0.340 e. The predicted octanol–water partition coefficient (Wildman–Crippen LogP) is 3.69. The summed E-state index contributed by atoms with van der Waals surface area (Å²) in [6, 6.07) is 8.34. The summed E-state index contributed by atoms with van der Waals surface area (Å²) in [7, 11) is 0. The summed E-state index contributed by atoms with van der Waals surface area (Å²) >= 11 is 6.09. The highest BCUT2D eigenvalue weighted by Gasteiger charge is 2.28. The van der Waals surface area contributed by atoms with E-state index in [1.54, 1.807) is 30.5 Å². The number of carbonyl (C=O) groups excluding carboxylic acids is 1. The van der Waals surface area contributed by atoms with Crippen molar-refractivity contribution in [2.75, 3.05) is 23.3 Å². The lowest BCUT2D eigenvalue weighted by Crippen LogP contribution is -2.41. The lowest BCUT2D eigenvalue weighted by molar-refractivity contribution is -0.120. The molecule has 1 fully saturated rings. The summed E-state index contributed by atoms with van der Waals surface area (Å²) in [6.07, 6.45) is 3.34. The largest absolute Gasteiger partial charge is 0.340 e. The summed E-state index contributed by atoms with van der Waals surface area (Å²) < 4.78 is 15.9. The van der Waals surface area contributed by atoms with Crippen LogP contribution in [0.1, 0.15) is 18.4 Å². The predicted molar refractivity (Wildman–Crippen MR) is 103 cm³/mol. The molecule has 0 bridgehead atoms. The number of benzene rings is 1. The summed E-state index contributed by atoms with van der Waals surface area (Å²) in [4.78, 5) is 14.7. The minimum atomic E-state index is -0.422. The number of piperidine rings is 1. The van der Waals surface area contributed by atoms with Crippen molar-refractivity contribution in [1.29, 1.82) is 0 Å². The van der Waals surface area contributed by atoms with Crippen LogP contribution in [0.15, 0.2) is 36.5 Å². The summed E-state index contributed by atoms with van der Waals surface area (Å²) in [6.45, 7) is 3.07. The van der Waals surface area contributed by atoms with Gasteiger partial charge in [0.25, 0.3) is 0 Å². The zero-order valence-corrected chi connectivity index (χ0v) is 15.6. The lowest BCUT2D eigenvalue weighted by atomic mass is 9.97. The van der Waals surface area contributed by atoms with Gasteiger partial charge in [-0.3, -0.25) is 9.20 Å². The standard InChI is InChI=1S/C19H19ClFN5O/c1-12-4-6-16(15(21)9-12)22-18(27)13-3-2-8-25(10-13)19-24-23-17-7-5-14(20)11-26(17)19/h4-7,9,11,13H,2-3,8,10H2,1H3,(H,22,27). The molecule has 4 rings (SSSR count). The molecule has 1 amide bonds. The summed E-state index contributed by atoms with van der Waals surface area (Å²) in [5, 5.41) is 11.7. The molecule has 1 atom stereocenters. The van der Waals surface area contributed by atoms with Gasteiger partial charge in [0.2, 0.25) is 11.9 Å². The maximum Gasteiger partial charge on any atom is 0.231 e. The second kappa shape index (κ2) is 7.15. The molecule has 1 aromatic carbocycles. The van der Waals surface area contributed by atoms with Crippen molar-refractivity contribution in [3.63, 3.8) is 0 Å². The van der Waals surface area contributed by atoms with E-state index in [0.29, 0.717) is 23.2 Å². The topological polar surface area (TPSA) is 62.5 Å². The van der Waals surface area contributed by atoms with Crippen LogP contribution in [0.2, 0.25) is 5.02 Å². The Morgan fingerprint density at radius 1 is 1.30 bits per heavy atom. The van der Waals surface area contributed by atoms with Gasteiger partial charge in [-0.25, -0.2) is 4.39 Å². The molecule has 0 radical (unpaired) electrons. The number of nitrogens with zero attached hydrogens (tertiary/aromatic N) is 4. The maximum absolute atomic E-state index is 14.0. The third-order valence-corrected chi connectivity index (χ3v) is 5.03. The quantitative estimate of drug-likeness (QED) is 0.744. The van der Waals surface area contributed by atoms with Gasteiger partial charge in [0.05, 0.1) is 16.6 Å². The van der Waals surface area contributed by atoms with Crippen molar-refractivity contribution in [2.45, 2.75) is 19.8 Å². The van der Waals surface area contributed by atoms with Crippen molar-refractivity contribution in [3.05, 3.63) is 52.9 Å². The first-order valence-corrected chi connectivity index (χ1v) is 9.21. The Balaban J connectivity index is 1.52. The van der Waals surface area contributed by atoms with Gasteiger partial charge in [-0.1, -0.05) is 17.7 Å². The van der Waals surface area contributed by atoms with Crippen LogP contribution in [-0.4, -0.2) is 33.6 Å². The van der Waals surface area contributed by atoms with Gasteiger partial charge in [-0.05, 0) is 49.6 Å². The fraction of sp³-hybridized carbons (Fsp3) is 0.316. The highest BCUT2D eigenvalue weighted by molar-refractivity contribution is 6.30. The number of nitrogens with one attached hydrogen (secondary N) is 1. The molecule has 1 unspecified atom stereocenters. The molecule has 1 aliphatic heterocycles. The van der Waals surface area contributed by atoms with Gasteiger partial charge in [-0.2, -0.15) is 0 Å². The van der Waals surface area contributed by atoms with Gasteiger partial charge < -0.3 is 10.2 Å². The van der Waals surface area contributed by atoms with E-state index in [4.69, 9.17) is 11.6 Å². The van der Waals surface area contributed by atoms with Gasteiger partial charge in [-0.15, -0.1) is 10.2 Å². The van der Waals surface area contributed by atoms with Crippen molar-refractivity contribution in [1.82, 2.24) is 14.6 Å². The zero-order valence-electron chi connectivity index (χ0n) is 14.8. The van der Waals surface area contributed by atoms with E-state index in [0.717, 1.165) is 24.9 Å². The second-order valence-corrected chi connectivity index (χ2v) is 7.27. The number of rotatable bonds is 3. The molecule has 3 heterocycles. The van der Waals surface area contributed by atoms with Crippen LogP contribution in [0, 0.1) is 18.7 Å². The molecule has 8 heteroatoms. The second-order valence-electron chi connectivity index (χ2n) is 6.83. The molecule has 1 aliphatic rings. The van der Waals surface area contributed by atoms with Crippen molar-refractivity contribution < 1.29 is 9.18 Å². The van der Waals surface area contributed by atoms with E-state index >= 15 is 0 Å². The highest BCUT2D eigenvalue weighted by atomic mass is 35.5. The van der Waals surface area contributed by atoms with E-state index in [9.17, 15) is 9.18 Å². The fourth-order valence-electron chi connectivity index (χ4n) is 3.40. The van der Waals surface area contributed by atoms with Crippen molar-refractivity contribution >= 4 is 34.8 Å². The molecule has 1 N–H and O–H groups in total. The van der Waals surface area contributed by atoms with Gasteiger partial charge in [0.15, 0.2) is 5.65 Å². The Morgan fingerprint density at radius 3 is 2.96 bits per heavy atom. The normalized spacial score (nSPS) is 17.3. The molecule has 2 aromatic heterocycles. The Hall–Kier alpha value is -2.67. The number of hydrogen-bond donors (Lipinski definition) is 1. The number of aromatic nitrogens is 3. The lowest BCUT2D eigenvalue weighted by Gasteiger charge is -2.32. The number of pyridine rings is 1. The summed E-state index contributed by atoms with van der Waals surface area (Å²) in [5.74, 6) is -0.207. The number of hydrogen-bond acceptors (Lipinski definition) is 4. The van der Waals surface area contributed by atoms with Crippen LogP contribution in [0.3, 0.4) is 0 Å². The van der Waals surface area contributed by atoms with Crippen molar-refractivity contribution in [3.8, 4) is 0 Å². The van der Waals surface area contributed by atoms with Crippen LogP contribution in [0.5, 0.6) is 0 Å². The van der Waals surface area contributed by atoms with Gasteiger partial charge in [0, 0.05) is 19.3 Å². The van der Waals surface area contributed by atoms with Crippen LogP contribution in [0.4, 0.5) is 16.0 Å². The molecule has 140 valence electrons. The first kappa shape index (κ1) is 17.7. The van der Waals surface area contributed by atoms with E-state index in [1.165, 1.54) is 6.07 Å². The van der Waals surface area contributed by atoms with Crippen molar-refractivity contribution in [2.24, 2.45) is 5.92 Å². The third-order valence-electron chi connectivity index (χ3n) is 4.81.